The summed E-state index contributed by atoms with van der Waals surface area (Å²) < 4.78 is 12.6. The zero-order valence-corrected chi connectivity index (χ0v) is 14.0. The molecule has 0 spiro atoms. The molecular weight excluding hydrogens is 326 g/mol. The Bertz CT molecular complexity index is 836. The highest BCUT2D eigenvalue weighted by Gasteiger charge is 2.36. The molecule has 2 aromatic rings. The Labute approximate surface area is 144 Å². The minimum atomic E-state index is -0.803. The van der Waals surface area contributed by atoms with Crippen molar-refractivity contribution in [2.45, 2.75) is 38.7 Å². The van der Waals surface area contributed by atoms with Crippen LogP contribution in [-0.4, -0.2) is 38.6 Å². The molecule has 1 aliphatic heterocycles. The van der Waals surface area contributed by atoms with Gasteiger partial charge in [-0.25, -0.2) is 4.79 Å². The summed E-state index contributed by atoms with van der Waals surface area (Å²) in [7, 11) is 0. The van der Waals surface area contributed by atoms with Gasteiger partial charge >= 0.3 is 5.69 Å². The number of ether oxygens (including phenoxy) is 2. The summed E-state index contributed by atoms with van der Waals surface area (Å²) in [5, 5.41) is 20.3. The molecule has 3 rings (SSSR count). The maximum Gasteiger partial charge on any atom is 0.351 e. The van der Waals surface area contributed by atoms with Crippen molar-refractivity contribution >= 4 is 5.82 Å². The van der Waals surface area contributed by atoms with Crippen molar-refractivity contribution in [1.82, 2.24) is 9.55 Å². The molecule has 0 amide bonds. The summed E-state index contributed by atoms with van der Waals surface area (Å²) in [6, 6.07) is 5.06. The van der Waals surface area contributed by atoms with Crippen LogP contribution in [0.25, 0.3) is 0 Å². The third-order valence-corrected chi connectivity index (χ3v) is 4.18. The van der Waals surface area contributed by atoms with Crippen LogP contribution in [0, 0.1) is 13.8 Å². The molecule has 1 aliphatic rings. The number of phenols is 1. The van der Waals surface area contributed by atoms with Crippen LogP contribution >= 0.6 is 0 Å². The number of anilines is 1. The number of nitrogen functional groups attached to an aromatic ring is 1. The first-order valence-corrected chi connectivity index (χ1v) is 7.96. The topological polar surface area (TPSA) is 120 Å². The second-order valence-electron chi connectivity index (χ2n) is 6.21. The third-order valence-electron chi connectivity index (χ3n) is 4.18. The number of rotatable bonds is 4. The maximum absolute atomic E-state index is 11.9. The van der Waals surface area contributed by atoms with Crippen LogP contribution < -0.4 is 16.2 Å². The van der Waals surface area contributed by atoms with Crippen LogP contribution in [0.15, 0.2) is 29.2 Å². The zero-order chi connectivity index (χ0) is 18.1. The van der Waals surface area contributed by atoms with Gasteiger partial charge in [0, 0.05) is 12.6 Å². The van der Waals surface area contributed by atoms with E-state index in [1.807, 2.05) is 13.0 Å². The highest BCUT2D eigenvalue weighted by molar-refractivity contribution is 5.47. The van der Waals surface area contributed by atoms with Crippen molar-refractivity contribution in [3.63, 3.8) is 0 Å². The molecule has 1 aromatic heterocycles. The van der Waals surface area contributed by atoms with Crippen LogP contribution in [0.5, 0.6) is 11.5 Å². The first-order chi connectivity index (χ1) is 11.8. The first-order valence-electron chi connectivity index (χ1n) is 7.96. The molecule has 0 saturated carbocycles. The number of phenolic OH excluding ortho intramolecular Hbond substituents is 1. The molecule has 134 valence electrons. The highest BCUT2D eigenvalue weighted by Crippen LogP contribution is 2.33. The number of aromatic nitrogens is 2. The largest absolute Gasteiger partial charge is 0.504 e. The number of hydrogen-bond donors (Lipinski definition) is 3. The summed E-state index contributed by atoms with van der Waals surface area (Å²) in [5.74, 6) is 0.529. The molecule has 25 heavy (non-hydrogen) atoms. The Morgan fingerprint density at radius 2 is 2.20 bits per heavy atom. The minimum Gasteiger partial charge on any atom is -0.504 e. The average Bonchev–Trinajstić information content (AvgIpc) is 2.90. The van der Waals surface area contributed by atoms with Crippen LogP contribution in [-0.2, 0) is 4.74 Å². The number of nitrogens with zero attached hydrogens (tertiary/aromatic N) is 2. The van der Waals surface area contributed by atoms with Crippen molar-refractivity contribution in [1.29, 1.82) is 0 Å². The summed E-state index contributed by atoms with van der Waals surface area (Å²) in [6.45, 7) is 3.73. The molecule has 0 bridgehead atoms. The van der Waals surface area contributed by atoms with E-state index >= 15 is 0 Å². The smallest absolute Gasteiger partial charge is 0.351 e. The van der Waals surface area contributed by atoms with E-state index in [9.17, 15) is 15.0 Å². The lowest BCUT2D eigenvalue weighted by atomic mass is 10.1. The summed E-state index contributed by atoms with van der Waals surface area (Å²) in [6.07, 6.45) is -0.353. The molecule has 8 nitrogen and oxygen atoms in total. The lowest BCUT2D eigenvalue weighted by molar-refractivity contribution is -0.0412. The molecule has 0 unspecified atom stereocenters. The monoisotopic (exact) mass is 347 g/mol. The lowest BCUT2D eigenvalue weighted by Gasteiger charge is -2.18. The van der Waals surface area contributed by atoms with E-state index in [2.05, 4.69) is 4.98 Å². The van der Waals surface area contributed by atoms with E-state index in [0.29, 0.717) is 11.3 Å². The van der Waals surface area contributed by atoms with Gasteiger partial charge in [0.1, 0.15) is 24.8 Å². The lowest BCUT2D eigenvalue weighted by Crippen LogP contribution is -2.29. The van der Waals surface area contributed by atoms with Crippen LogP contribution in [0.4, 0.5) is 5.82 Å². The Hall–Kier alpha value is -2.58. The van der Waals surface area contributed by atoms with Crippen LogP contribution in [0.2, 0.25) is 0 Å². The summed E-state index contributed by atoms with van der Waals surface area (Å²) >= 11 is 0. The van der Waals surface area contributed by atoms with Crippen molar-refractivity contribution in [2.24, 2.45) is 0 Å². The molecule has 1 aromatic carbocycles. The fourth-order valence-electron chi connectivity index (χ4n) is 2.88. The van der Waals surface area contributed by atoms with Gasteiger partial charge in [0.05, 0.1) is 6.10 Å². The van der Waals surface area contributed by atoms with Crippen LogP contribution in [0.1, 0.15) is 23.8 Å². The first kappa shape index (κ1) is 17.2. The standard InChI is InChI=1S/C17H21N3O5/c1-9-5-10(2)16(22)12(6-9)24-8-13-11(21)7-15(25-13)20-4-3-14(18)19-17(20)23/h3-6,11,13,15,21-22H,7-8H2,1-2H3,(H2,18,19,23)/t11-,13+,15+/m0/s1. The van der Waals surface area contributed by atoms with E-state index in [1.54, 1.807) is 13.0 Å². The van der Waals surface area contributed by atoms with Gasteiger partial charge in [-0.15, -0.1) is 0 Å². The molecule has 0 aliphatic carbocycles. The summed E-state index contributed by atoms with van der Waals surface area (Å²) in [4.78, 5) is 15.5. The average molecular weight is 347 g/mol. The Kier molecular flexibility index (Phi) is 4.65. The van der Waals surface area contributed by atoms with E-state index in [-0.39, 0.29) is 24.6 Å². The van der Waals surface area contributed by atoms with Gasteiger partial charge in [0.2, 0.25) is 0 Å². The molecule has 1 fully saturated rings. The second-order valence-corrected chi connectivity index (χ2v) is 6.21. The Morgan fingerprint density at radius 1 is 1.44 bits per heavy atom. The van der Waals surface area contributed by atoms with E-state index in [4.69, 9.17) is 15.2 Å². The van der Waals surface area contributed by atoms with Crippen molar-refractivity contribution in [3.8, 4) is 11.5 Å². The number of nitrogens with two attached hydrogens (primary N) is 1. The minimum absolute atomic E-state index is 0.0469. The quantitative estimate of drug-likeness (QED) is 0.751. The third kappa shape index (κ3) is 3.59. The molecular formula is C17H21N3O5. The van der Waals surface area contributed by atoms with Crippen molar-refractivity contribution in [3.05, 3.63) is 46.0 Å². The van der Waals surface area contributed by atoms with Gasteiger partial charge in [0.15, 0.2) is 11.5 Å². The summed E-state index contributed by atoms with van der Waals surface area (Å²) in [5.41, 5.74) is 6.60. The molecule has 3 atom stereocenters. The fraction of sp³-hybridized carbons (Fsp3) is 0.412. The number of aromatic hydroxyl groups is 1. The second kappa shape index (κ2) is 6.73. The molecule has 4 N–H and O–H groups in total. The number of aliphatic hydroxyl groups is 1. The van der Waals surface area contributed by atoms with E-state index in [0.717, 1.165) is 5.56 Å². The van der Waals surface area contributed by atoms with Gasteiger partial charge in [0.25, 0.3) is 0 Å². The van der Waals surface area contributed by atoms with Crippen molar-refractivity contribution in [2.75, 3.05) is 12.3 Å². The maximum atomic E-state index is 11.9. The Balaban J connectivity index is 1.69. The number of aryl methyl sites for hydroxylation is 2. The SMILES string of the molecule is Cc1cc(C)c(O)c(OC[C@H]2O[C@@H](n3ccc(N)nc3=O)C[C@@H]2O)c1. The molecule has 1 saturated heterocycles. The molecule has 2 heterocycles. The predicted octanol–water partition coefficient (Wildman–Crippen LogP) is 0.875. The highest BCUT2D eigenvalue weighted by atomic mass is 16.6. The number of benzene rings is 1. The fourth-order valence-corrected chi connectivity index (χ4v) is 2.88. The van der Waals surface area contributed by atoms with E-state index < -0.39 is 24.1 Å². The van der Waals surface area contributed by atoms with Crippen LogP contribution in [0.3, 0.4) is 0 Å². The van der Waals surface area contributed by atoms with Gasteiger partial charge in [-0.1, -0.05) is 6.07 Å². The van der Waals surface area contributed by atoms with Gasteiger partial charge < -0.3 is 25.4 Å². The number of hydrogen-bond acceptors (Lipinski definition) is 7. The normalized spacial score (nSPS) is 22.9. The van der Waals surface area contributed by atoms with Gasteiger partial charge in [-0.05, 0) is 37.1 Å². The van der Waals surface area contributed by atoms with Crippen molar-refractivity contribution < 1.29 is 19.7 Å². The van der Waals surface area contributed by atoms with E-state index in [1.165, 1.54) is 16.8 Å². The predicted molar refractivity (Wildman–Crippen MR) is 90.5 cm³/mol. The number of aliphatic hydroxyl groups excluding tert-OH is 1. The molecule has 8 heteroatoms. The Morgan fingerprint density at radius 3 is 2.92 bits per heavy atom. The van der Waals surface area contributed by atoms with Gasteiger partial charge in [-0.3, -0.25) is 4.57 Å². The zero-order valence-electron chi connectivity index (χ0n) is 14.0. The van der Waals surface area contributed by atoms with Gasteiger partial charge in [-0.2, -0.15) is 4.98 Å². The molecule has 0 radical (unpaired) electrons.